The molecule has 0 heterocycles. The van der Waals surface area contributed by atoms with Gasteiger partial charge in [0, 0.05) is 6.04 Å². The van der Waals surface area contributed by atoms with Crippen molar-refractivity contribution < 1.29 is 0 Å². The molecule has 1 N–H and O–H groups in total. The Kier molecular flexibility index (Phi) is 6.41. The lowest BCUT2D eigenvalue weighted by atomic mass is 9.72. The van der Waals surface area contributed by atoms with Crippen LogP contribution in [0, 0.1) is 17.8 Å². The van der Waals surface area contributed by atoms with Gasteiger partial charge in [-0.15, -0.1) is 0 Å². The maximum Gasteiger partial charge on any atom is 0.00925 e. The first-order valence-electron chi connectivity index (χ1n) is 7.36. The Bertz CT molecular complexity index is 176. The molecular weight excluding hydrogens is 194 g/mol. The molecule has 96 valence electrons. The lowest BCUT2D eigenvalue weighted by molar-refractivity contribution is 0.163. The fourth-order valence-corrected chi connectivity index (χ4v) is 3.26. The Labute approximate surface area is 102 Å². The SMILES string of the molecule is CCCCCC1CC(C(C)C)CCC1NC. The monoisotopic (exact) mass is 225 g/mol. The second kappa shape index (κ2) is 7.32. The van der Waals surface area contributed by atoms with Gasteiger partial charge in [-0.2, -0.15) is 0 Å². The van der Waals surface area contributed by atoms with E-state index >= 15 is 0 Å². The molecule has 1 aliphatic carbocycles. The average molecular weight is 225 g/mol. The molecule has 0 aliphatic heterocycles. The third kappa shape index (κ3) is 4.08. The number of unbranched alkanes of at least 4 members (excludes halogenated alkanes) is 2. The molecular formula is C15H31N. The summed E-state index contributed by atoms with van der Waals surface area (Å²) >= 11 is 0. The summed E-state index contributed by atoms with van der Waals surface area (Å²) in [4.78, 5) is 0. The second-order valence-corrected chi connectivity index (χ2v) is 5.97. The molecule has 1 heteroatoms. The van der Waals surface area contributed by atoms with Crippen LogP contribution in [0.15, 0.2) is 0 Å². The van der Waals surface area contributed by atoms with Gasteiger partial charge in [0.15, 0.2) is 0 Å². The van der Waals surface area contributed by atoms with E-state index in [4.69, 9.17) is 0 Å². The van der Waals surface area contributed by atoms with Crippen LogP contribution >= 0.6 is 0 Å². The van der Waals surface area contributed by atoms with E-state index in [1.54, 1.807) is 0 Å². The van der Waals surface area contributed by atoms with Gasteiger partial charge in [-0.25, -0.2) is 0 Å². The Morgan fingerprint density at radius 3 is 2.50 bits per heavy atom. The standard InChI is InChI=1S/C15H31N/c1-5-6-7-8-14-11-13(12(2)3)9-10-15(14)16-4/h12-16H,5-11H2,1-4H3. The maximum atomic E-state index is 3.54. The van der Waals surface area contributed by atoms with Crippen molar-refractivity contribution in [2.45, 2.75) is 71.8 Å². The molecule has 1 nitrogen and oxygen atoms in total. The van der Waals surface area contributed by atoms with E-state index in [0.29, 0.717) is 0 Å². The molecule has 0 spiro atoms. The van der Waals surface area contributed by atoms with Crippen molar-refractivity contribution >= 4 is 0 Å². The first-order chi connectivity index (χ1) is 7.69. The van der Waals surface area contributed by atoms with Crippen molar-refractivity contribution in [1.29, 1.82) is 0 Å². The summed E-state index contributed by atoms with van der Waals surface area (Å²) in [6.45, 7) is 7.09. The highest BCUT2D eigenvalue weighted by molar-refractivity contribution is 4.85. The molecule has 0 radical (unpaired) electrons. The lowest BCUT2D eigenvalue weighted by Gasteiger charge is -2.38. The van der Waals surface area contributed by atoms with Gasteiger partial charge >= 0.3 is 0 Å². The van der Waals surface area contributed by atoms with Gasteiger partial charge in [-0.3, -0.25) is 0 Å². The van der Waals surface area contributed by atoms with Crippen LogP contribution in [0.2, 0.25) is 0 Å². The first kappa shape index (κ1) is 14.0. The van der Waals surface area contributed by atoms with Crippen molar-refractivity contribution in [2.24, 2.45) is 17.8 Å². The zero-order chi connectivity index (χ0) is 12.0. The number of hydrogen-bond donors (Lipinski definition) is 1. The fourth-order valence-electron chi connectivity index (χ4n) is 3.26. The van der Waals surface area contributed by atoms with Gasteiger partial charge in [0.2, 0.25) is 0 Å². The second-order valence-electron chi connectivity index (χ2n) is 5.97. The normalized spacial score (nSPS) is 30.9. The van der Waals surface area contributed by atoms with Gasteiger partial charge in [0.05, 0.1) is 0 Å². The van der Waals surface area contributed by atoms with E-state index in [9.17, 15) is 0 Å². The summed E-state index contributed by atoms with van der Waals surface area (Å²) in [7, 11) is 2.15. The molecule has 1 rings (SSSR count). The highest BCUT2D eigenvalue weighted by Crippen LogP contribution is 2.36. The molecule has 1 fully saturated rings. The van der Waals surface area contributed by atoms with Crippen LogP contribution in [0.4, 0.5) is 0 Å². The molecule has 0 bridgehead atoms. The van der Waals surface area contributed by atoms with Crippen LogP contribution < -0.4 is 5.32 Å². The summed E-state index contributed by atoms with van der Waals surface area (Å²) < 4.78 is 0. The van der Waals surface area contributed by atoms with E-state index in [0.717, 1.165) is 23.8 Å². The van der Waals surface area contributed by atoms with Crippen molar-refractivity contribution in [3.05, 3.63) is 0 Å². The van der Waals surface area contributed by atoms with Crippen LogP contribution in [0.3, 0.4) is 0 Å². The van der Waals surface area contributed by atoms with Crippen molar-refractivity contribution in [1.82, 2.24) is 5.32 Å². The average Bonchev–Trinajstić information content (AvgIpc) is 2.29. The minimum atomic E-state index is 0.798. The van der Waals surface area contributed by atoms with E-state index in [-0.39, 0.29) is 0 Å². The van der Waals surface area contributed by atoms with Crippen molar-refractivity contribution in [3.63, 3.8) is 0 Å². The van der Waals surface area contributed by atoms with Crippen molar-refractivity contribution in [3.8, 4) is 0 Å². The highest BCUT2D eigenvalue weighted by Gasteiger charge is 2.30. The minimum Gasteiger partial charge on any atom is -0.317 e. The summed E-state index contributed by atoms with van der Waals surface area (Å²) in [5.74, 6) is 2.81. The Balaban J connectivity index is 2.40. The molecule has 16 heavy (non-hydrogen) atoms. The minimum absolute atomic E-state index is 0.798. The third-order valence-electron chi connectivity index (χ3n) is 4.52. The molecule has 0 saturated heterocycles. The smallest absolute Gasteiger partial charge is 0.00925 e. The molecule has 0 aromatic rings. The van der Waals surface area contributed by atoms with E-state index < -0.39 is 0 Å². The maximum absolute atomic E-state index is 3.54. The number of hydrogen-bond acceptors (Lipinski definition) is 1. The van der Waals surface area contributed by atoms with Crippen LogP contribution in [0.25, 0.3) is 0 Å². The molecule has 1 saturated carbocycles. The summed E-state index contributed by atoms with van der Waals surface area (Å²) in [5, 5.41) is 3.54. The molecule has 0 aromatic carbocycles. The number of nitrogens with one attached hydrogen (secondary N) is 1. The largest absolute Gasteiger partial charge is 0.317 e. The van der Waals surface area contributed by atoms with Crippen LogP contribution in [0.5, 0.6) is 0 Å². The summed E-state index contributed by atoms with van der Waals surface area (Å²) in [6, 6.07) is 0.798. The fraction of sp³-hybridized carbons (Fsp3) is 1.00. The Morgan fingerprint density at radius 2 is 1.94 bits per heavy atom. The predicted octanol–water partition coefficient (Wildman–Crippen LogP) is 4.23. The molecule has 3 unspecified atom stereocenters. The zero-order valence-electron chi connectivity index (χ0n) is 11.8. The quantitative estimate of drug-likeness (QED) is 0.667. The number of rotatable bonds is 6. The highest BCUT2D eigenvalue weighted by atomic mass is 14.9. The van der Waals surface area contributed by atoms with E-state index in [2.05, 4.69) is 33.1 Å². The summed E-state index contributed by atoms with van der Waals surface area (Å²) in [6.07, 6.45) is 9.95. The topological polar surface area (TPSA) is 12.0 Å². The van der Waals surface area contributed by atoms with Crippen LogP contribution in [-0.4, -0.2) is 13.1 Å². The zero-order valence-corrected chi connectivity index (χ0v) is 11.8. The van der Waals surface area contributed by atoms with Gasteiger partial charge in [-0.05, 0) is 50.5 Å². The predicted molar refractivity (Wildman–Crippen MR) is 72.7 cm³/mol. The van der Waals surface area contributed by atoms with E-state index in [1.165, 1.54) is 44.9 Å². The Morgan fingerprint density at radius 1 is 1.19 bits per heavy atom. The molecule has 1 aliphatic rings. The van der Waals surface area contributed by atoms with Gasteiger partial charge in [0.25, 0.3) is 0 Å². The molecule has 0 amide bonds. The van der Waals surface area contributed by atoms with Crippen LogP contribution in [-0.2, 0) is 0 Å². The van der Waals surface area contributed by atoms with E-state index in [1.807, 2.05) is 0 Å². The molecule has 3 atom stereocenters. The Hall–Kier alpha value is -0.0400. The summed E-state index contributed by atoms with van der Waals surface area (Å²) in [5.41, 5.74) is 0. The van der Waals surface area contributed by atoms with Gasteiger partial charge in [-0.1, -0.05) is 40.0 Å². The first-order valence-corrected chi connectivity index (χ1v) is 7.36. The van der Waals surface area contributed by atoms with Gasteiger partial charge in [0.1, 0.15) is 0 Å². The van der Waals surface area contributed by atoms with Crippen molar-refractivity contribution in [2.75, 3.05) is 7.05 Å². The van der Waals surface area contributed by atoms with Crippen LogP contribution in [0.1, 0.15) is 65.7 Å². The molecule has 0 aromatic heterocycles. The lowest BCUT2D eigenvalue weighted by Crippen LogP contribution is -2.39. The third-order valence-corrected chi connectivity index (χ3v) is 4.52. The van der Waals surface area contributed by atoms with Gasteiger partial charge < -0.3 is 5.32 Å².